The molecule has 0 aliphatic carbocycles. The molecule has 6 nitrogen and oxygen atoms in total. The molecule has 0 spiro atoms. The lowest BCUT2D eigenvalue weighted by atomic mass is 9.73. The molecule has 1 rings (SSSR count). The number of amides is 1. The quantitative estimate of drug-likeness (QED) is 0.833. The van der Waals surface area contributed by atoms with Crippen molar-refractivity contribution in [1.29, 1.82) is 0 Å². The number of nitrogens with zero attached hydrogens (tertiary/aromatic N) is 1. The van der Waals surface area contributed by atoms with Gasteiger partial charge in [0.25, 0.3) is 0 Å². The summed E-state index contributed by atoms with van der Waals surface area (Å²) in [4.78, 5) is 25.3. The van der Waals surface area contributed by atoms with E-state index < -0.39 is 29.1 Å². The molecular weight excluding hydrogens is 272 g/mol. The van der Waals surface area contributed by atoms with Gasteiger partial charge < -0.3 is 20.5 Å². The zero-order chi connectivity index (χ0) is 16.4. The van der Waals surface area contributed by atoms with Gasteiger partial charge in [0.1, 0.15) is 11.6 Å². The van der Waals surface area contributed by atoms with Crippen molar-refractivity contribution in [3.8, 4) is 0 Å². The van der Waals surface area contributed by atoms with Crippen LogP contribution in [0.5, 0.6) is 0 Å². The molecule has 0 saturated carbocycles. The zero-order valence-electron chi connectivity index (χ0n) is 13.7. The van der Waals surface area contributed by atoms with Crippen LogP contribution >= 0.6 is 0 Å². The number of ether oxygens (including phenoxy) is 1. The SMILES string of the molecule is CC(C)(C)OC(=O)N1CCCCC1C(C)(C)C(N)C(=O)O. The Labute approximate surface area is 126 Å². The summed E-state index contributed by atoms with van der Waals surface area (Å²) < 4.78 is 5.44. The summed E-state index contributed by atoms with van der Waals surface area (Å²) in [7, 11) is 0. The molecule has 2 atom stereocenters. The number of carboxylic acids is 1. The van der Waals surface area contributed by atoms with Crippen LogP contribution in [0.3, 0.4) is 0 Å². The van der Waals surface area contributed by atoms with Gasteiger partial charge in [0, 0.05) is 18.0 Å². The molecule has 6 heteroatoms. The van der Waals surface area contributed by atoms with E-state index in [1.807, 2.05) is 20.8 Å². The summed E-state index contributed by atoms with van der Waals surface area (Å²) >= 11 is 0. The first-order valence-corrected chi connectivity index (χ1v) is 7.45. The Morgan fingerprint density at radius 3 is 2.29 bits per heavy atom. The van der Waals surface area contributed by atoms with Gasteiger partial charge in [-0.25, -0.2) is 4.79 Å². The zero-order valence-corrected chi connectivity index (χ0v) is 13.7. The Kier molecular flexibility index (Phi) is 5.25. The van der Waals surface area contributed by atoms with E-state index in [1.54, 1.807) is 18.7 Å². The number of piperidine rings is 1. The van der Waals surface area contributed by atoms with Crippen molar-refractivity contribution in [2.75, 3.05) is 6.54 Å². The summed E-state index contributed by atoms with van der Waals surface area (Å²) in [5.41, 5.74) is 4.55. The Morgan fingerprint density at radius 2 is 1.81 bits per heavy atom. The summed E-state index contributed by atoms with van der Waals surface area (Å²) in [5.74, 6) is -1.05. The highest BCUT2D eigenvalue weighted by Gasteiger charge is 2.45. The molecule has 3 N–H and O–H groups in total. The maximum absolute atomic E-state index is 12.4. The Balaban J connectivity index is 2.96. The van der Waals surface area contributed by atoms with E-state index in [-0.39, 0.29) is 6.04 Å². The van der Waals surface area contributed by atoms with Crippen LogP contribution in [0, 0.1) is 5.41 Å². The summed E-state index contributed by atoms with van der Waals surface area (Å²) in [5, 5.41) is 9.20. The molecule has 0 aromatic heterocycles. The lowest BCUT2D eigenvalue weighted by molar-refractivity contribution is -0.143. The lowest BCUT2D eigenvalue weighted by Gasteiger charge is -2.46. The van der Waals surface area contributed by atoms with E-state index in [9.17, 15) is 14.7 Å². The third-order valence-corrected chi connectivity index (χ3v) is 4.06. The van der Waals surface area contributed by atoms with E-state index in [0.29, 0.717) is 6.54 Å². The molecule has 1 fully saturated rings. The average Bonchev–Trinajstić information content (AvgIpc) is 2.35. The number of hydrogen-bond acceptors (Lipinski definition) is 4. The van der Waals surface area contributed by atoms with Crippen LogP contribution in [0.2, 0.25) is 0 Å². The monoisotopic (exact) mass is 300 g/mol. The van der Waals surface area contributed by atoms with Gasteiger partial charge >= 0.3 is 12.1 Å². The van der Waals surface area contributed by atoms with E-state index in [0.717, 1.165) is 19.3 Å². The first-order chi connectivity index (χ1) is 9.47. The first kappa shape index (κ1) is 17.8. The fourth-order valence-corrected chi connectivity index (χ4v) is 2.77. The van der Waals surface area contributed by atoms with E-state index >= 15 is 0 Å². The van der Waals surface area contributed by atoms with Gasteiger partial charge in [0.2, 0.25) is 0 Å². The number of aliphatic carboxylic acids is 1. The van der Waals surface area contributed by atoms with Gasteiger partial charge in [0.15, 0.2) is 0 Å². The third kappa shape index (κ3) is 4.33. The maximum Gasteiger partial charge on any atom is 0.410 e. The van der Waals surface area contributed by atoms with E-state index in [2.05, 4.69) is 0 Å². The first-order valence-electron chi connectivity index (χ1n) is 7.45. The van der Waals surface area contributed by atoms with Crippen LogP contribution in [0.25, 0.3) is 0 Å². The highest BCUT2D eigenvalue weighted by molar-refractivity contribution is 5.75. The Morgan fingerprint density at radius 1 is 1.24 bits per heavy atom. The minimum atomic E-state index is -1.05. The van der Waals surface area contributed by atoms with Gasteiger partial charge in [-0.05, 0) is 40.0 Å². The van der Waals surface area contributed by atoms with E-state index in [4.69, 9.17) is 10.5 Å². The predicted octanol–water partition coefficient (Wildman–Crippen LogP) is 2.21. The fourth-order valence-electron chi connectivity index (χ4n) is 2.77. The average molecular weight is 300 g/mol. The standard InChI is InChI=1S/C15H28N2O4/c1-14(2,3)21-13(20)17-9-7-6-8-10(17)15(4,5)11(16)12(18)19/h10-11H,6-9,16H2,1-5H3,(H,18,19). The summed E-state index contributed by atoms with van der Waals surface area (Å²) in [6.07, 6.45) is 2.21. The number of hydrogen-bond donors (Lipinski definition) is 2. The molecule has 1 aliphatic rings. The van der Waals surface area contributed by atoms with Crippen LogP contribution in [0.4, 0.5) is 4.79 Å². The number of rotatable bonds is 3. The normalized spacial score (nSPS) is 21.8. The van der Waals surface area contributed by atoms with Gasteiger partial charge in [-0.2, -0.15) is 0 Å². The molecule has 0 aromatic rings. The van der Waals surface area contributed by atoms with Crippen LogP contribution in [-0.4, -0.2) is 46.3 Å². The van der Waals surface area contributed by atoms with Crippen LogP contribution in [0.1, 0.15) is 53.9 Å². The number of carbonyl (C=O) groups is 2. The summed E-state index contributed by atoms with van der Waals surface area (Å²) in [6, 6.07) is -1.25. The molecule has 1 saturated heterocycles. The highest BCUT2D eigenvalue weighted by Crippen LogP contribution is 2.35. The highest BCUT2D eigenvalue weighted by atomic mass is 16.6. The van der Waals surface area contributed by atoms with Crippen molar-refractivity contribution in [2.24, 2.45) is 11.1 Å². The number of likely N-dealkylation sites (tertiary alicyclic amines) is 1. The topological polar surface area (TPSA) is 92.9 Å². The third-order valence-electron chi connectivity index (χ3n) is 4.06. The van der Waals surface area contributed by atoms with Crippen LogP contribution in [0.15, 0.2) is 0 Å². The summed E-state index contributed by atoms with van der Waals surface area (Å²) in [6.45, 7) is 9.64. The smallest absolute Gasteiger partial charge is 0.410 e. The second-order valence-corrected chi connectivity index (χ2v) is 7.32. The largest absolute Gasteiger partial charge is 0.480 e. The van der Waals surface area contributed by atoms with Crippen molar-refractivity contribution >= 4 is 12.1 Å². The molecule has 21 heavy (non-hydrogen) atoms. The molecule has 0 radical (unpaired) electrons. The van der Waals surface area contributed by atoms with Crippen molar-refractivity contribution in [3.63, 3.8) is 0 Å². The molecular formula is C15H28N2O4. The molecule has 2 unspecified atom stereocenters. The number of carbonyl (C=O) groups excluding carboxylic acids is 1. The number of carboxylic acid groups (broad SMARTS) is 1. The lowest BCUT2D eigenvalue weighted by Crippen LogP contribution is -2.59. The van der Waals surface area contributed by atoms with E-state index in [1.165, 1.54) is 0 Å². The molecule has 122 valence electrons. The second kappa shape index (κ2) is 6.22. The van der Waals surface area contributed by atoms with Crippen molar-refractivity contribution in [1.82, 2.24) is 4.90 Å². The molecule has 0 bridgehead atoms. The second-order valence-electron chi connectivity index (χ2n) is 7.32. The van der Waals surface area contributed by atoms with Gasteiger partial charge in [0.05, 0.1) is 0 Å². The van der Waals surface area contributed by atoms with Gasteiger partial charge in [-0.1, -0.05) is 13.8 Å². The van der Waals surface area contributed by atoms with Crippen LogP contribution in [-0.2, 0) is 9.53 Å². The molecule has 1 amide bonds. The maximum atomic E-state index is 12.4. The van der Waals surface area contributed by atoms with Gasteiger partial charge in [-0.3, -0.25) is 4.79 Å². The predicted molar refractivity (Wildman–Crippen MR) is 80.0 cm³/mol. The van der Waals surface area contributed by atoms with Crippen molar-refractivity contribution in [3.05, 3.63) is 0 Å². The Bertz CT molecular complexity index is 401. The van der Waals surface area contributed by atoms with Crippen LogP contribution < -0.4 is 5.73 Å². The van der Waals surface area contributed by atoms with Crippen molar-refractivity contribution < 1.29 is 19.4 Å². The fraction of sp³-hybridized carbons (Fsp3) is 0.867. The minimum absolute atomic E-state index is 0.229. The molecule has 0 aromatic carbocycles. The molecule has 1 aliphatic heterocycles. The number of nitrogens with two attached hydrogens (primary N) is 1. The van der Waals surface area contributed by atoms with Gasteiger partial charge in [-0.15, -0.1) is 0 Å². The Hall–Kier alpha value is -1.30. The minimum Gasteiger partial charge on any atom is -0.480 e. The molecule has 1 heterocycles. The van der Waals surface area contributed by atoms with Crippen molar-refractivity contribution in [2.45, 2.75) is 71.6 Å².